The molecule has 0 radical (unpaired) electrons. The van der Waals surface area contributed by atoms with Gasteiger partial charge in [0.25, 0.3) is 0 Å². The molecule has 1 aliphatic rings. The van der Waals surface area contributed by atoms with Crippen LogP contribution in [0, 0.1) is 0 Å². The second kappa shape index (κ2) is 13.6. The molecular formula is C25H41NO2. The fourth-order valence-corrected chi connectivity index (χ4v) is 4.38. The number of benzene rings is 1. The predicted octanol–water partition coefficient (Wildman–Crippen LogP) is 7.77. The minimum Gasteiger partial charge on any atom is -0.478 e. The van der Waals surface area contributed by atoms with Crippen molar-refractivity contribution in [3.8, 4) is 0 Å². The van der Waals surface area contributed by atoms with Crippen LogP contribution in [0.3, 0.4) is 0 Å². The van der Waals surface area contributed by atoms with Gasteiger partial charge in [0.2, 0.25) is 0 Å². The van der Waals surface area contributed by atoms with E-state index in [0.29, 0.717) is 11.5 Å². The molecule has 0 fully saturated rings. The average Bonchev–Trinajstić information content (AvgIpc) is 3.10. The van der Waals surface area contributed by atoms with Crippen LogP contribution >= 0.6 is 0 Å². The molecule has 1 aromatic rings. The zero-order valence-corrected chi connectivity index (χ0v) is 18.0. The largest absolute Gasteiger partial charge is 0.478 e. The Bertz CT molecular complexity index is 570. The first-order valence-electron chi connectivity index (χ1n) is 11.8. The number of rotatable bonds is 16. The van der Waals surface area contributed by atoms with E-state index in [2.05, 4.69) is 12.2 Å². The van der Waals surface area contributed by atoms with Gasteiger partial charge in [-0.05, 0) is 24.1 Å². The second-order valence-electron chi connectivity index (χ2n) is 8.57. The molecule has 1 heterocycles. The number of carboxylic acids is 1. The van der Waals surface area contributed by atoms with Crippen LogP contribution in [0.15, 0.2) is 18.2 Å². The molecule has 0 bridgehead atoms. The molecule has 1 atom stereocenters. The molecule has 0 saturated heterocycles. The number of hydrogen-bond acceptors (Lipinski definition) is 2. The number of carbonyl (C=O) groups is 1. The van der Waals surface area contributed by atoms with Crippen molar-refractivity contribution in [1.82, 2.24) is 0 Å². The highest BCUT2D eigenvalue weighted by molar-refractivity contribution is 5.89. The fraction of sp³-hybridized carbons (Fsp3) is 0.720. The number of unbranched alkanes of at least 4 members (excludes halogenated alkanes) is 13. The number of aromatic carboxylic acids is 1. The molecule has 1 aliphatic heterocycles. The van der Waals surface area contributed by atoms with Crippen molar-refractivity contribution in [3.63, 3.8) is 0 Å². The molecular weight excluding hydrogens is 346 g/mol. The summed E-state index contributed by atoms with van der Waals surface area (Å²) in [5.74, 6) is -0.296. The van der Waals surface area contributed by atoms with E-state index < -0.39 is 5.97 Å². The van der Waals surface area contributed by atoms with Gasteiger partial charge in [0, 0.05) is 18.2 Å². The Labute approximate surface area is 172 Å². The highest BCUT2D eigenvalue weighted by atomic mass is 16.4. The van der Waals surface area contributed by atoms with Crippen molar-refractivity contribution >= 4 is 11.7 Å². The van der Waals surface area contributed by atoms with Gasteiger partial charge in [-0.25, -0.2) is 4.79 Å². The maximum atomic E-state index is 11.1. The minimum absolute atomic E-state index is 0.378. The molecule has 158 valence electrons. The molecule has 2 rings (SSSR count). The van der Waals surface area contributed by atoms with E-state index in [9.17, 15) is 4.79 Å². The van der Waals surface area contributed by atoms with Crippen molar-refractivity contribution in [2.24, 2.45) is 0 Å². The lowest BCUT2D eigenvalue weighted by Crippen LogP contribution is -2.01. The van der Waals surface area contributed by atoms with E-state index in [4.69, 9.17) is 5.11 Å². The standard InChI is InChI=1S/C25H41NO2/c1-2-3-4-5-6-7-8-9-10-11-12-13-14-15-16-22-20-26-24-19-21(25(27)28)17-18-23(22)24/h17-19,22,26H,2-16,20H2,1H3,(H,27,28)/t22-/m1/s1. The summed E-state index contributed by atoms with van der Waals surface area (Å²) >= 11 is 0. The zero-order chi connectivity index (χ0) is 20.0. The highest BCUT2D eigenvalue weighted by Gasteiger charge is 2.22. The van der Waals surface area contributed by atoms with Crippen LogP contribution < -0.4 is 5.32 Å². The molecule has 0 saturated carbocycles. The third kappa shape index (κ3) is 8.24. The van der Waals surface area contributed by atoms with Crippen molar-refractivity contribution in [3.05, 3.63) is 29.3 Å². The van der Waals surface area contributed by atoms with E-state index >= 15 is 0 Å². The number of anilines is 1. The Kier molecular flexibility index (Phi) is 11.1. The molecule has 28 heavy (non-hydrogen) atoms. The maximum Gasteiger partial charge on any atom is 0.335 e. The van der Waals surface area contributed by atoms with Gasteiger partial charge in [0.1, 0.15) is 0 Å². The third-order valence-corrected chi connectivity index (χ3v) is 6.19. The minimum atomic E-state index is -0.847. The van der Waals surface area contributed by atoms with Gasteiger partial charge in [0.05, 0.1) is 5.56 Å². The third-order valence-electron chi connectivity index (χ3n) is 6.19. The van der Waals surface area contributed by atoms with Crippen molar-refractivity contribution in [2.75, 3.05) is 11.9 Å². The molecule has 0 spiro atoms. The van der Waals surface area contributed by atoms with E-state index in [0.717, 1.165) is 12.2 Å². The van der Waals surface area contributed by atoms with Crippen molar-refractivity contribution < 1.29 is 9.90 Å². The van der Waals surface area contributed by atoms with E-state index in [1.807, 2.05) is 6.07 Å². The lowest BCUT2D eigenvalue weighted by Gasteiger charge is -2.10. The van der Waals surface area contributed by atoms with Crippen LogP contribution in [0.4, 0.5) is 5.69 Å². The molecule has 1 aromatic carbocycles. The van der Waals surface area contributed by atoms with Gasteiger partial charge in [-0.15, -0.1) is 0 Å². The maximum absolute atomic E-state index is 11.1. The van der Waals surface area contributed by atoms with Crippen LogP contribution in [0.1, 0.15) is 125 Å². The van der Waals surface area contributed by atoms with E-state index in [1.54, 1.807) is 12.1 Å². The van der Waals surface area contributed by atoms with Gasteiger partial charge in [-0.1, -0.05) is 103 Å². The molecule has 0 unspecified atom stereocenters. The summed E-state index contributed by atoms with van der Waals surface area (Å²) in [4.78, 5) is 11.1. The number of hydrogen-bond donors (Lipinski definition) is 2. The van der Waals surface area contributed by atoms with E-state index in [1.165, 1.54) is 102 Å². The zero-order valence-electron chi connectivity index (χ0n) is 18.0. The van der Waals surface area contributed by atoms with Gasteiger partial charge >= 0.3 is 5.97 Å². The van der Waals surface area contributed by atoms with Gasteiger partial charge < -0.3 is 10.4 Å². The first-order chi connectivity index (χ1) is 13.7. The van der Waals surface area contributed by atoms with Crippen LogP contribution in [0.5, 0.6) is 0 Å². The molecule has 2 N–H and O–H groups in total. The highest BCUT2D eigenvalue weighted by Crippen LogP contribution is 2.35. The molecule has 3 heteroatoms. The Balaban J connectivity index is 1.43. The Morgan fingerprint density at radius 3 is 1.96 bits per heavy atom. The number of fused-ring (bicyclic) bond motifs is 1. The normalized spacial score (nSPS) is 15.4. The topological polar surface area (TPSA) is 49.3 Å². The lowest BCUT2D eigenvalue weighted by molar-refractivity contribution is 0.0697. The first-order valence-corrected chi connectivity index (χ1v) is 11.8. The van der Waals surface area contributed by atoms with Crippen LogP contribution in [-0.2, 0) is 0 Å². The molecule has 0 amide bonds. The van der Waals surface area contributed by atoms with Gasteiger partial charge in [0.15, 0.2) is 0 Å². The number of nitrogens with one attached hydrogen (secondary N) is 1. The average molecular weight is 388 g/mol. The summed E-state index contributed by atoms with van der Waals surface area (Å²) < 4.78 is 0. The summed E-state index contributed by atoms with van der Waals surface area (Å²) in [6.45, 7) is 3.24. The Morgan fingerprint density at radius 2 is 1.43 bits per heavy atom. The van der Waals surface area contributed by atoms with Crippen LogP contribution in [-0.4, -0.2) is 17.6 Å². The van der Waals surface area contributed by atoms with Crippen LogP contribution in [0.2, 0.25) is 0 Å². The first kappa shape index (κ1) is 22.8. The molecule has 0 aromatic heterocycles. The molecule has 0 aliphatic carbocycles. The van der Waals surface area contributed by atoms with E-state index in [-0.39, 0.29) is 0 Å². The fourth-order valence-electron chi connectivity index (χ4n) is 4.38. The second-order valence-corrected chi connectivity index (χ2v) is 8.57. The predicted molar refractivity (Wildman–Crippen MR) is 120 cm³/mol. The van der Waals surface area contributed by atoms with Gasteiger partial charge in [-0.3, -0.25) is 0 Å². The smallest absolute Gasteiger partial charge is 0.335 e. The van der Waals surface area contributed by atoms with Crippen molar-refractivity contribution in [2.45, 2.75) is 109 Å². The summed E-state index contributed by atoms with van der Waals surface area (Å²) in [6.07, 6.45) is 20.8. The monoisotopic (exact) mass is 387 g/mol. The summed E-state index contributed by atoms with van der Waals surface area (Å²) in [6, 6.07) is 5.53. The quantitative estimate of drug-likeness (QED) is 0.285. The Hall–Kier alpha value is -1.51. The summed E-state index contributed by atoms with van der Waals surface area (Å²) in [5.41, 5.74) is 2.71. The summed E-state index contributed by atoms with van der Waals surface area (Å²) in [7, 11) is 0. The number of carboxylic acid groups (broad SMARTS) is 1. The lowest BCUT2D eigenvalue weighted by atomic mass is 9.94. The SMILES string of the molecule is CCCCCCCCCCCCCCCC[C@@H]1CNc2cc(C(=O)O)ccc21. The van der Waals surface area contributed by atoms with Crippen LogP contribution in [0.25, 0.3) is 0 Å². The Morgan fingerprint density at radius 1 is 0.893 bits per heavy atom. The van der Waals surface area contributed by atoms with Gasteiger partial charge in [-0.2, -0.15) is 0 Å². The van der Waals surface area contributed by atoms with Crippen molar-refractivity contribution in [1.29, 1.82) is 0 Å². The summed E-state index contributed by atoms with van der Waals surface area (Å²) in [5, 5.41) is 12.5. The molecule has 3 nitrogen and oxygen atoms in total.